The van der Waals surface area contributed by atoms with Crippen LogP contribution in [0.5, 0.6) is 0 Å². The van der Waals surface area contributed by atoms with Crippen LogP contribution in [0.15, 0.2) is 24.3 Å². The fourth-order valence-corrected chi connectivity index (χ4v) is 2.68. The Kier molecular flexibility index (Phi) is 6.38. The normalized spacial score (nSPS) is 17.0. The molecule has 9 heteroatoms. The van der Waals surface area contributed by atoms with Gasteiger partial charge < -0.3 is 16.0 Å². The van der Waals surface area contributed by atoms with Gasteiger partial charge in [0.2, 0.25) is 5.91 Å². The summed E-state index contributed by atoms with van der Waals surface area (Å²) in [5, 5.41) is 7.88. The summed E-state index contributed by atoms with van der Waals surface area (Å²) in [6.45, 7) is 2.33. The topological polar surface area (TPSA) is 73.5 Å². The number of halogens is 3. The summed E-state index contributed by atoms with van der Waals surface area (Å²) in [5.74, 6) is -0.912. The second-order valence-electron chi connectivity index (χ2n) is 5.82. The van der Waals surface area contributed by atoms with E-state index in [9.17, 15) is 22.8 Å². The zero-order valence-corrected chi connectivity index (χ0v) is 13.8. The average Bonchev–Trinajstić information content (AvgIpc) is 2.54. The minimum atomic E-state index is -4.43. The predicted molar refractivity (Wildman–Crippen MR) is 87.4 cm³/mol. The molecule has 1 atom stereocenters. The van der Waals surface area contributed by atoms with Gasteiger partial charge in [-0.1, -0.05) is 6.07 Å². The maximum Gasteiger partial charge on any atom is 0.405 e. The Morgan fingerprint density at radius 2 is 1.96 bits per heavy atom. The molecule has 138 valence electrons. The Morgan fingerprint density at radius 1 is 1.28 bits per heavy atom. The van der Waals surface area contributed by atoms with Crippen molar-refractivity contribution >= 4 is 17.5 Å². The Balaban J connectivity index is 2.02. The van der Waals surface area contributed by atoms with Crippen LogP contribution in [0.4, 0.5) is 18.9 Å². The number of nitrogens with zero attached hydrogens (tertiary/aromatic N) is 1. The van der Waals surface area contributed by atoms with Crippen molar-refractivity contribution in [1.29, 1.82) is 0 Å². The van der Waals surface area contributed by atoms with Crippen molar-refractivity contribution in [3.05, 3.63) is 29.8 Å². The molecule has 2 rings (SSSR count). The van der Waals surface area contributed by atoms with E-state index in [1.165, 1.54) is 24.0 Å². The molecule has 1 aromatic rings. The second kappa shape index (κ2) is 8.30. The van der Waals surface area contributed by atoms with Crippen LogP contribution in [0.25, 0.3) is 0 Å². The fraction of sp³-hybridized carbons (Fsp3) is 0.500. The molecule has 0 spiro atoms. The van der Waals surface area contributed by atoms with Gasteiger partial charge in [0, 0.05) is 50.9 Å². The Morgan fingerprint density at radius 3 is 2.56 bits per heavy atom. The minimum absolute atomic E-state index is 0.187. The summed E-state index contributed by atoms with van der Waals surface area (Å²) in [6.07, 6.45) is -4.43. The quantitative estimate of drug-likeness (QED) is 0.740. The molecule has 2 amide bonds. The van der Waals surface area contributed by atoms with Gasteiger partial charge in [0.15, 0.2) is 0 Å². The number of hydrogen-bond donors (Lipinski definition) is 3. The largest absolute Gasteiger partial charge is 0.405 e. The number of carbonyl (C=O) groups excluding carboxylic acids is 2. The van der Waals surface area contributed by atoms with Crippen molar-refractivity contribution < 1.29 is 22.8 Å². The molecule has 0 aliphatic carbocycles. The standard InChI is InChI=1S/C16H21F3N4O2/c1-11(24)22-13-4-2-3-12(9-13)15(25)21-10-14(16(17,18)19)23-7-5-20-6-8-23/h2-4,9,14,20H,5-8,10H2,1H3,(H,21,25)(H,22,24). The summed E-state index contributed by atoms with van der Waals surface area (Å²) in [5.41, 5.74) is 0.599. The van der Waals surface area contributed by atoms with Gasteiger partial charge in [-0.3, -0.25) is 14.5 Å². The van der Waals surface area contributed by atoms with Crippen LogP contribution >= 0.6 is 0 Å². The second-order valence-corrected chi connectivity index (χ2v) is 5.82. The van der Waals surface area contributed by atoms with E-state index in [2.05, 4.69) is 16.0 Å². The van der Waals surface area contributed by atoms with E-state index in [0.717, 1.165) is 0 Å². The molecule has 1 aliphatic rings. The first-order valence-corrected chi connectivity index (χ1v) is 7.94. The van der Waals surface area contributed by atoms with Gasteiger partial charge in [0.1, 0.15) is 6.04 Å². The molecule has 0 radical (unpaired) electrons. The van der Waals surface area contributed by atoms with E-state index in [4.69, 9.17) is 0 Å². The minimum Gasteiger partial charge on any atom is -0.350 e. The summed E-state index contributed by atoms with van der Waals surface area (Å²) in [4.78, 5) is 24.5. The summed E-state index contributed by atoms with van der Waals surface area (Å²) in [6, 6.07) is 4.32. The van der Waals surface area contributed by atoms with E-state index < -0.39 is 24.7 Å². The first-order chi connectivity index (χ1) is 11.8. The SMILES string of the molecule is CC(=O)Nc1cccc(C(=O)NCC(N2CCNCC2)C(F)(F)F)c1. The third-order valence-electron chi connectivity index (χ3n) is 3.87. The number of rotatable bonds is 5. The number of alkyl halides is 3. The monoisotopic (exact) mass is 358 g/mol. The molecule has 0 saturated carbocycles. The zero-order chi connectivity index (χ0) is 18.4. The molecule has 1 unspecified atom stereocenters. The van der Waals surface area contributed by atoms with Gasteiger partial charge in [0.25, 0.3) is 5.91 Å². The van der Waals surface area contributed by atoms with Gasteiger partial charge in [-0.2, -0.15) is 13.2 Å². The van der Waals surface area contributed by atoms with Gasteiger partial charge in [-0.05, 0) is 18.2 Å². The summed E-state index contributed by atoms with van der Waals surface area (Å²) < 4.78 is 39.9. The number of piperazine rings is 1. The van der Waals surface area contributed by atoms with Crippen LogP contribution in [-0.4, -0.2) is 61.7 Å². The van der Waals surface area contributed by atoms with Gasteiger partial charge >= 0.3 is 6.18 Å². The van der Waals surface area contributed by atoms with Gasteiger partial charge in [0.05, 0.1) is 0 Å². The first-order valence-electron chi connectivity index (χ1n) is 7.94. The van der Waals surface area contributed by atoms with Crippen molar-refractivity contribution in [3.63, 3.8) is 0 Å². The molecule has 0 aromatic heterocycles. The van der Waals surface area contributed by atoms with Crippen molar-refractivity contribution in [1.82, 2.24) is 15.5 Å². The highest BCUT2D eigenvalue weighted by molar-refractivity contribution is 5.96. The molecule has 3 N–H and O–H groups in total. The number of carbonyl (C=O) groups is 2. The third kappa shape index (κ3) is 5.71. The molecule has 1 aliphatic heterocycles. The number of benzene rings is 1. The Hall–Kier alpha value is -2.13. The van der Waals surface area contributed by atoms with Crippen LogP contribution in [0.3, 0.4) is 0 Å². The Bertz CT molecular complexity index is 616. The van der Waals surface area contributed by atoms with E-state index in [1.807, 2.05) is 0 Å². The maximum absolute atomic E-state index is 13.3. The first kappa shape index (κ1) is 19.2. The highest BCUT2D eigenvalue weighted by Crippen LogP contribution is 2.25. The smallest absolute Gasteiger partial charge is 0.350 e. The maximum atomic E-state index is 13.3. The number of nitrogens with one attached hydrogen (secondary N) is 3. The van der Waals surface area contributed by atoms with Crippen molar-refractivity contribution in [3.8, 4) is 0 Å². The lowest BCUT2D eigenvalue weighted by Crippen LogP contribution is -2.57. The molecular formula is C16H21F3N4O2. The van der Waals surface area contributed by atoms with Crippen LogP contribution in [0.2, 0.25) is 0 Å². The van der Waals surface area contributed by atoms with Crippen LogP contribution in [0.1, 0.15) is 17.3 Å². The highest BCUT2D eigenvalue weighted by atomic mass is 19.4. The lowest BCUT2D eigenvalue weighted by molar-refractivity contribution is -0.183. The van der Waals surface area contributed by atoms with Gasteiger partial charge in [-0.15, -0.1) is 0 Å². The third-order valence-corrected chi connectivity index (χ3v) is 3.87. The molecule has 1 saturated heterocycles. The van der Waals surface area contributed by atoms with Gasteiger partial charge in [-0.25, -0.2) is 0 Å². The summed E-state index contributed by atoms with van der Waals surface area (Å²) >= 11 is 0. The van der Waals surface area contributed by atoms with Crippen LogP contribution in [0, 0.1) is 0 Å². The summed E-state index contributed by atoms with van der Waals surface area (Å²) in [7, 11) is 0. The fourth-order valence-electron chi connectivity index (χ4n) is 2.68. The molecule has 0 bridgehead atoms. The zero-order valence-electron chi connectivity index (χ0n) is 13.8. The lowest BCUT2D eigenvalue weighted by atomic mass is 10.1. The van der Waals surface area contributed by atoms with E-state index in [0.29, 0.717) is 18.8 Å². The Labute approximate surface area is 143 Å². The highest BCUT2D eigenvalue weighted by Gasteiger charge is 2.43. The van der Waals surface area contributed by atoms with E-state index >= 15 is 0 Å². The van der Waals surface area contributed by atoms with Crippen LogP contribution in [-0.2, 0) is 4.79 Å². The molecule has 6 nitrogen and oxygen atoms in total. The predicted octanol–water partition coefficient (Wildman–Crippen LogP) is 1.21. The molecular weight excluding hydrogens is 337 g/mol. The number of hydrogen-bond acceptors (Lipinski definition) is 4. The van der Waals surface area contributed by atoms with Crippen LogP contribution < -0.4 is 16.0 Å². The van der Waals surface area contributed by atoms with Crippen molar-refractivity contribution in [2.45, 2.75) is 19.1 Å². The van der Waals surface area contributed by atoms with Crippen molar-refractivity contribution in [2.24, 2.45) is 0 Å². The molecule has 1 aromatic carbocycles. The van der Waals surface area contributed by atoms with E-state index in [1.54, 1.807) is 12.1 Å². The lowest BCUT2D eigenvalue weighted by Gasteiger charge is -2.35. The number of anilines is 1. The average molecular weight is 358 g/mol. The molecule has 25 heavy (non-hydrogen) atoms. The van der Waals surface area contributed by atoms with Crippen molar-refractivity contribution in [2.75, 3.05) is 38.0 Å². The number of amides is 2. The molecule has 1 heterocycles. The molecule has 1 fully saturated rings. The van der Waals surface area contributed by atoms with E-state index in [-0.39, 0.29) is 24.6 Å².